The van der Waals surface area contributed by atoms with Gasteiger partial charge in [-0.1, -0.05) is 26.0 Å². The van der Waals surface area contributed by atoms with Crippen LogP contribution in [0.2, 0.25) is 0 Å². The summed E-state index contributed by atoms with van der Waals surface area (Å²) in [6.45, 7) is 12.7. The van der Waals surface area contributed by atoms with Crippen LogP contribution in [0.25, 0.3) is 0 Å². The zero-order chi connectivity index (χ0) is 19.2. The molecule has 8 atom stereocenters. The van der Waals surface area contributed by atoms with Gasteiger partial charge in [-0.05, 0) is 112 Å². The Bertz CT molecular complexity index is 557. The van der Waals surface area contributed by atoms with Gasteiger partial charge >= 0.3 is 0 Å². The van der Waals surface area contributed by atoms with Crippen molar-refractivity contribution in [2.24, 2.45) is 40.9 Å². The molecule has 2 nitrogen and oxygen atoms in total. The predicted molar refractivity (Wildman–Crippen MR) is 111 cm³/mol. The Kier molecular flexibility index (Phi) is 5.53. The first kappa shape index (κ1) is 20.0. The summed E-state index contributed by atoms with van der Waals surface area (Å²) in [5.74, 6) is 5.16. The van der Waals surface area contributed by atoms with Crippen molar-refractivity contribution >= 4 is 0 Å². The van der Waals surface area contributed by atoms with Crippen LogP contribution in [0.3, 0.4) is 0 Å². The highest BCUT2D eigenvalue weighted by molar-refractivity contribution is 5.15. The minimum Gasteiger partial charge on any atom is -0.387 e. The molecule has 0 aliphatic heterocycles. The van der Waals surface area contributed by atoms with Crippen LogP contribution in [0.4, 0.5) is 0 Å². The van der Waals surface area contributed by atoms with Crippen LogP contribution in [0, 0.1) is 40.9 Å². The van der Waals surface area contributed by atoms with Crippen molar-refractivity contribution in [3.63, 3.8) is 0 Å². The number of allylic oxidation sites excluding steroid dienone is 1. The van der Waals surface area contributed by atoms with E-state index < -0.39 is 5.60 Å². The van der Waals surface area contributed by atoms with E-state index in [0.29, 0.717) is 18.6 Å². The maximum Gasteiger partial charge on any atom is 0.0883 e. The number of aliphatic hydroxyl groups is 1. The van der Waals surface area contributed by atoms with Gasteiger partial charge < -0.3 is 9.84 Å². The molecule has 0 radical (unpaired) electrons. The zero-order valence-electron chi connectivity index (χ0n) is 18.0. The molecule has 0 amide bonds. The van der Waals surface area contributed by atoms with Crippen LogP contribution in [0.1, 0.15) is 85.0 Å². The van der Waals surface area contributed by atoms with Crippen molar-refractivity contribution < 1.29 is 9.84 Å². The second-order valence-corrected chi connectivity index (χ2v) is 10.7. The monoisotopic (exact) mass is 374 g/mol. The van der Waals surface area contributed by atoms with Gasteiger partial charge in [0.15, 0.2) is 0 Å². The van der Waals surface area contributed by atoms with E-state index in [2.05, 4.69) is 20.4 Å². The molecule has 0 heterocycles. The van der Waals surface area contributed by atoms with E-state index in [1.807, 2.05) is 6.92 Å². The van der Waals surface area contributed by atoms with Gasteiger partial charge in [0.2, 0.25) is 0 Å². The van der Waals surface area contributed by atoms with Gasteiger partial charge in [-0.25, -0.2) is 0 Å². The number of hydrogen-bond donors (Lipinski definition) is 1. The number of ether oxygens (including phenoxy) is 1. The summed E-state index contributed by atoms with van der Waals surface area (Å²) in [4.78, 5) is 0. The van der Waals surface area contributed by atoms with Crippen molar-refractivity contribution in [2.45, 2.75) is 90.6 Å². The van der Waals surface area contributed by atoms with Gasteiger partial charge in [-0.3, -0.25) is 0 Å². The maximum absolute atomic E-state index is 11.0. The zero-order valence-corrected chi connectivity index (χ0v) is 18.0. The van der Waals surface area contributed by atoms with Crippen LogP contribution in [0.15, 0.2) is 12.2 Å². The molecule has 2 heteroatoms. The molecule has 4 rings (SSSR count). The fourth-order valence-electron chi connectivity index (χ4n) is 8.30. The first-order valence-corrected chi connectivity index (χ1v) is 11.9. The Hall–Kier alpha value is -0.340. The molecule has 0 aromatic carbocycles. The molecule has 0 unspecified atom stereocenters. The summed E-state index contributed by atoms with van der Waals surface area (Å²) in [6, 6.07) is 0. The average molecular weight is 375 g/mol. The minimum absolute atomic E-state index is 0.519. The highest BCUT2D eigenvalue weighted by atomic mass is 16.5. The summed E-state index contributed by atoms with van der Waals surface area (Å²) < 4.78 is 5.62. The lowest BCUT2D eigenvalue weighted by molar-refractivity contribution is -0.127. The molecular weight excluding hydrogens is 332 g/mol. The minimum atomic E-state index is -0.551. The van der Waals surface area contributed by atoms with Crippen molar-refractivity contribution in [1.82, 2.24) is 0 Å². The van der Waals surface area contributed by atoms with Gasteiger partial charge in [0, 0.05) is 6.61 Å². The molecule has 4 aliphatic rings. The summed E-state index contributed by atoms with van der Waals surface area (Å²) in [5, 5.41) is 11.0. The molecule has 27 heavy (non-hydrogen) atoms. The third kappa shape index (κ3) is 3.33. The smallest absolute Gasteiger partial charge is 0.0883 e. The van der Waals surface area contributed by atoms with E-state index in [9.17, 15) is 5.11 Å². The molecule has 1 N–H and O–H groups in total. The Balaban J connectivity index is 1.47. The maximum atomic E-state index is 11.0. The first-order valence-electron chi connectivity index (χ1n) is 11.9. The van der Waals surface area contributed by atoms with E-state index in [4.69, 9.17) is 4.74 Å². The summed E-state index contributed by atoms with van der Waals surface area (Å²) >= 11 is 0. The number of hydrogen-bond acceptors (Lipinski definition) is 2. The first-order chi connectivity index (χ1) is 12.9. The van der Waals surface area contributed by atoms with Crippen LogP contribution in [-0.2, 0) is 4.74 Å². The van der Waals surface area contributed by atoms with Crippen LogP contribution in [-0.4, -0.2) is 23.9 Å². The lowest BCUT2D eigenvalue weighted by Crippen LogP contribution is -2.52. The SMILES string of the molecule is C=C(CC)[C@H]1CC[C@H]2[C@@H]3CC[C@@H]4C[C@@](O)(COCC)CC[C@@H]4[C@H]3CC[C@]12C. The second kappa shape index (κ2) is 7.48. The molecule has 154 valence electrons. The van der Waals surface area contributed by atoms with Crippen LogP contribution < -0.4 is 0 Å². The van der Waals surface area contributed by atoms with E-state index in [0.717, 1.165) is 54.8 Å². The second-order valence-electron chi connectivity index (χ2n) is 10.7. The van der Waals surface area contributed by atoms with E-state index in [1.165, 1.54) is 50.5 Å². The van der Waals surface area contributed by atoms with Crippen molar-refractivity contribution in [3.8, 4) is 0 Å². The van der Waals surface area contributed by atoms with Crippen molar-refractivity contribution in [2.75, 3.05) is 13.2 Å². The Morgan fingerprint density at radius 3 is 2.52 bits per heavy atom. The molecule has 4 fully saturated rings. The predicted octanol–water partition coefficient (Wildman–Crippen LogP) is 5.99. The van der Waals surface area contributed by atoms with Crippen LogP contribution in [0.5, 0.6) is 0 Å². The summed E-state index contributed by atoms with van der Waals surface area (Å²) in [7, 11) is 0. The Morgan fingerprint density at radius 1 is 1.00 bits per heavy atom. The van der Waals surface area contributed by atoms with Gasteiger partial charge in [0.25, 0.3) is 0 Å². The van der Waals surface area contributed by atoms with E-state index >= 15 is 0 Å². The van der Waals surface area contributed by atoms with Crippen molar-refractivity contribution in [3.05, 3.63) is 12.2 Å². The Morgan fingerprint density at radius 2 is 1.78 bits per heavy atom. The normalized spacial score (nSPS) is 49.2. The number of rotatable bonds is 5. The van der Waals surface area contributed by atoms with Crippen molar-refractivity contribution in [1.29, 1.82) is 0 Å². The van der Waals surface area contributed by atoms with E-state index in [1.54, 1.807) is 0 Å². The fourth-order valence-corrected chi connectivity index (χ4v) is 8.30. The standard InChI is InChI=1S/C25H42O2/c1-5-17(3)22-9-10-23-21-8-7-18-15-25(26,16-27-6-2)14-12-19(18)20(21)11-13-24(22,23)4/h18-23,26H,3,5-16H2,1-2,4H3/t18-,19+,20-,21-,22-,23+,24-,25-/m1/s1. The molecule has 0 bridgehead atoms. The van der Waals surface area contributed by atoms with E-state index in [-0.39, 0.29) is 0 Å². The molecule has 0 spiro atoms. The molecule has 0 aromatic heterocycles. The fraction of sp³-hybridized carbons (Fsp3) is 0.920. The average Bonchev–Trinajstić information content (AvgIpc) is 3.02. The lowest BCUT2D eigenvalue weighted by atomic mass is 9.48. The number of fused-ring (bicyclic) bond motifs is 5. The quantitative estimate of drug-likeness (QED) is 0.599. The molecule has 0 saturated heterocycles. The highest BCUT2D eigenvalue weighted by Gasteiger charge is 2.57. The van der Waals surface area contributed by atoms with Gasteiger partial charge in [0.05, 0.1) is 12.2 Å². The third-order valence-electron chi connectivity index (χ3n) is 9.63. The Labute approximate surface area is 167 Å². The van der Waals surface area contributed by atoms with Gasteiger partial charge in [-0.2, -0.15) is 0 Å². The molecule has 0 aromatic rings. The molecule has 4 aliphatic carbocycles. The molecule has 4 saturated carbocycles. The van der Waals surface area contributed by atoms with Gasteiger partial charge in [0.1, 0.15) is 0 Å². The summed E-state index contributed by atoms with van der Waals surface area (Å²) in [6.07, 6.45) is 12.7. The topological polar surface area (TPSA) is 29.5 Å². The largest absolute Gasteiger partial charge is 0.387 e. The van der Waals surface area contributed by atoms with Gasteiger partial charge in [-0.15, -0.1) is 0 Å². The highest BCUT2D eigenvalue weighted by Crippen LogP contribution is 2.65. The molecular formula is C25H42O2. The summed E-state index contributed by atoms with van der Waals surface area (Å²) in [5.41, 5.74) is 1.49. The lowest BCUT2D eigenvalue weighted by Gasteiger charge is -2.57. The third-order valence-corrected chi connectivity index (χ3v) is 9.63. The van der Waals surface area contributed by atoms with Crippen LogP contribution >= 0.6 is 0 Å².